The Hall–Kier alpha value is -1.32. The zero-order valence-electron chi connectivity index (χ0n) is 8.34. The second-order valence-corrected chi connectivity index (χ2v) is 4.59. The zero-order chi connectivity index (χ0) is 11.6. The average Bonchev–Trinajstić information content (AvgIpc) is 2.50. The summed E-state index contributed by atoms with van der Waals surface area (Å²) in [5.41, 5.74) is -1.07. The van der Waals surface area contributed by atoms with Gasteiger partial charge in [-0.05, 0) is 18.4 Å². The molecule has 0 radical (unpaired) electrons. The summed E-state index contributed by atoms with van der Waals surface area (Å²) in [6.07, 6.45) is 2.18. The highest BCUT2D eigenvalue weighted by molar-refractivity contribution is 5.96. The Morgan fingerprint density at radius 2 is 2.12 bits per heavy atom. The van der Waals surface area contributed by atoms with Crippen LogP contribution in [0, 0.1) is 11.3 Å². The van der Waals surface area contributed by atoms with E-state index in [1.807, 2.05) is 0 Å². The van der Waals surface area contributed by atoms with Gasteiger partial charge in [0.25, 0.3) is 0 Å². The normalized spacial score (nSPS) is 36.2. The number of hydrogen-bond acceptors (Lipinski definition) is 1. The molecule has 16 heavy (non-hydrogen) atoms. The highest BCUT2D eigenvalue weighted by Crippen LogP contribution is 2.58. The van der Waals surface area contributed by atoms with Gasteiger partial charge < -0.3 is 0 Å². The van der Waals surface area contributed by atoms with Crippen molar-refractivity contribution in [1.82, 2.24) is 0 Å². The number of ketones is 1. The van der Waals surface area contributed by atoms with Gasteiger partial charge in [0.1, 0.15) is 0 Å². The van der Waals surface area contributed by atoms with Crippen LogP contribution in [0.15, 0.2) is 35.5 Å². The quantitative estimate of drug-likeness (QED) is 0.580. The van der Waals surface area contributed by atoms with E-state index in [1.54, 1.807) is 12.2 Å². The summed E-state index contributed by atoms with van der Waals surface area (Å²) in [6, 6.07) is 0. The van der Waals surface area contributed by atoms with Crippen LogP contribution in [0.5, 0.6) is 0 Å². The maximum absolute atomic E-state index is 12.9. The third-order valence-electron chi connectivity index (χ3n) is 3.61. The third-order valence-corrected chi connectivity index (χ3v) is 3.61. The van der Waals surface area contributed by atoms with Crippen LogP contribution in [-0.2, 0) is 4.79 Å². The highest BCUT2D eigenvalue weighted by atomic mass is 19.4. The molecule has 1 nitrogen and oxygen atoms in total. The van der Waals surface area contributed by atoms with Gasteiger partial charge in [0, 0.05) is 17.4 Å². The largest absolute Gasteiger partial charge is 0.413 e. The Bertz CT molecular complexity index is 467. The van der Waals surface area contributed by atoms with Crippen LogP contribution >= 0.6 is 0 Å². The number of alkyl halides is 3. The average molecular weight is 226 g/mol. The van der Waals surface area contributed by atoms with E-state index in [2.05, 4.69) is 0 Å². The van der Waals surface area contributed by atoms with Gasteiger partial charge in [-0.25, -0.2) is 0 Å². The molecule has 0 saturated heterocycles. The molecule has 0 aromatic rings. The van der Waals surface area contributed by atoms with E-state index in [9.17, 15) is 18.0 Å². The Kier molecular flexibility index (Phi) is 1.65. The van der Waals surface area contributed by atoms with Crippen molar-refractivity contribution in [2.45, 2.75) is 19.0 Å². The van der Waals surface area contributed by atoms with E-state index < -0.39 is 17.2 Å². The van der Waals surface area contributed by atoms with Gasteiger partial charge in [0.05, 0.1) is 0 Å². The van der Waals surface area contributed by atoms with Crippen molar-refractivity contribution in [3.63, 3.8) is 0 Å². The molecule has 2 atom stereocenters. The number of halogens is 3. The molecule has 0 N–H and O–H groups in total. The van der Waals surface area contributed by atoms with Gasteiger partial charge in [-0.3, -0.25) is 4.79 Å². The van der Waals surface area contributed by atoms with Gasteiger partial charge in [-0.1, -0.05) is 23.8 Å². The lowest BCUT2D eigenvalue weighted by molar-refractivity contribution is -0.117. The molecule has 2 bridgehead atoms. The second kappa shape index (κ2) is 2.67. The maximum Gasteiger partial charge on any atom is 0.413 e. The molecule has 0 amide bonds. The Labute approximate surface area is 90.3 Å². The van der Waals surface area contributed by atoms with E-state index in [4.69, 9.17) is 0 Å². The molecular weight excluding hydrogens is 217 g/mol. The predicted octanol–water partition coefficient (Wildman–Crippen LogP) is 2.95. The lowest BCUT2D eigenvalue weighted by Gasteiger charge is -2.41. The van der Waals surface area contributed by atoms with Crippen molar-refractivity contribution in [3.8, 4) is 0 Å². The van der Waals surface area contributed by atoms with Crippen molar-refractivity contribution < 1.29 is 18.0 Å². The molecule has 0 aromatic heterocycles. The summed E-state index contributed by atoms with van der Waals surface area (Å²) >= 11 is 0. The summed E-state index contributed by atoms with van der Waals surface area (Å²) < 4.78 is 38.8. The molecular formula is C12H9F3O. The molecule has 0 heterocycles. The first-order valence-corrected chi connectivity index (χ1v) is 5.14. The molecule has 0 aliphatic heterocycles. The summed E-state index contributed by atoms with van der Waals surface area (Å²) in [7, 11) is 0. The SMILES string of the molecule is O=C1C=C2CC3C=CC2(C1)C(C(F)(F)F)=C3. The zero-order valence-corrected chi connectivity index (χ0v) is 8.34. The van der Waals surface area contributed by atoms with Crippen LogP contribution in [0.4, 0.5) is 13.2 Å². The smallest absolute Gasteiger partial charge is 0.295 e. The minimum Gasteiger partial charge on any atom is -0.295 e. The first-order valence-electron chi connectivity index (χ1n) is 5.14. The van der Waals surface area contributed by atoms with Crippen molar-refractivity contribution in [2.24, 2.45) is 11.3 Å². The first-order chi connectivity index (χ1) is 7.42. The molecule has 2 unspecified atom stereocenters. The van der Waals surface area contributed by atoms with E-state index in [-0.39, 0.29) is 18.1 Å². The fraction of sp³-hybridized carbons (Fsp3) is 0.417. The van der Waals surface area contributed by atoms with Crippen LogP contribution in [0.25, 0.3) is 0 Å². The van der Waals surface area contributed by atoms with E-state index >= 15 is 0 Å². The summed E-state index contributed by atoms with van der Waals surface area (Å²) in [6.45, 7) is 0. The van der Waals surface area contributed by atoms with Gasteiger partial charge in [-0.15, -0.1) is 0 Å². The molecule has 0 aromatic carbocycles. The first kappa shape index (κ1) is 9.87. The van der Waals surface area contributed by atoms with Gasteiger partial charge >= 0.3 is 6.18 Å². The monoisotopic (exact) mass is 226 g/mol. The number of rotatable bonds is 0. The Morgan fingerprint density at radius 3 is 2.81 bits per heavy atom. The number of carbonyl (C=O) groups is 1. The number of allylic oxidation sites excluding steroid dienone is 6. The van der Waals surface area contributed by atoms with Crippen molar-refractivity contribution in [1.29, 1.82) is 0 Å². The summed E-state index contributed by atoms with van der Waals surface area (Å²) in [5, 5.41) is 0. The third kappa shape index (κ3) is 1.10. The molecule has 4 aliphatic rings. The molecule has 0 saturated carbocycles. The van der Waals surface area contributed by atoms with Crippen LogP contribution in [-0.4, -0.2) is 12.0 Å². The maximum atomic E-state index is 12.9. The van der Waals surface area contributed by atoms with Crippen LogP contribution in [0.1, 0.15) is 12.8 Å². The van der Waals surface area contributed by atoms with E-state index in [1.165, 1.54) is 12.2 Å². The van der Waals surface area contributed by atoms with Crippen molar-refractivity contribution in [2.75, 3.05) is 0 Å². The Balaban J connectivity index is 2.18. The van der Waals surface area contributed by atoms with Crippen molar-refractivity contribution >= 4 is 5.78 Å². The van der Waals surface area contributed by atoms with Gasteiger partial charge in [0.15, 0.2) is 5.78 Å². The van der Waals surface area contributed by atoms with Crippen molar-refractivity contribution in [3.05, 3.63) is 35.5 Å². The molecule has 4 heteroatoms. The highest BCUT2D eigenvalue weighted by Gasteiger charge is 2.55. The van der Waals surface area contributed by atoms with Crippen LogP contribution in [0.2, 0.25) is 0 Å². The lowest BCUT2D eigenvalue weighted by atomic mass is 9.62. The molecule has 0 fully saturated rings. The second-order valence-electron chi connectivity index (χ2n) is 4.59. The van der Waals surface area contributed by atoms with Crippen LogP contribution < -0.4 is 0 Å². The molecule has 84 valence electrons. The summed E-state index contributed by atoms with van der Waals surface area (Å²) in [5.74, 6) is -0.395. The fourth-order valence-corrected chi connectivity index (χ4v) is 2.96. The fourth-order valence-electron chi connectivity index (χ4n) is 2.96. The van der Waals surface area contributed by atoms with Crippen LogP contribution in [0.3, 0.4) is 0 Å². The number of carbonyl (C=O) groups excluding carboxylic acids is 1. The molecule has 1 spiro atoms. The standard InChI is InChI=1S/C12H9F3O/c13-12(14,15)10-4-7-1-2-11(10)6-9(16)5-8(11)3-7/h1-2,4-5,7H,3,6H2. The summed E-state index contributed by atoms with van der Waals surface area (Å²) in [4.78, 5) is 11.4. The molecule has 4 aliphatic carbocycles. The van der Waals surface area contributed by atoms with Gasteiger partial charge in [-0.2, -0.15) is 13.2 Å². The van der Waals surface area contributed by atoms with Gasteiger partial charge in [0.2, 0.25) is 0 Å². The molecule has 4 rings (SSSR count). The predicted molar refractivity (Wildman–Crippen MR) is 51.5 cm³/mol. The Morgan fingerprint density at radius 1 is 1.38 bits per heavy atom. The number of hydrogen-bond donors (Lipinski definition) is 0. The van der Waals surface area contributed by atoms with E-state index in [0.29, 0.717) is 12.0 Å². The van der Waals surface area contributed by atoms with E-state index in [0.717, 1.165) is 0 Å². The minimum absolute atomic E-state index is 0.0586. The topological polar surface area (TPSA) is 17.1 Å². The lowest BCUT2D eigenvalue weighted by Crippen LogP contribution is -2.37. The minimum atomic E-state index is -4.34.